The minimum absolute atomic E-state index is 0.398. The Morgan fingerprint density at radius 2 is 2.16 bits per heavy atom. The van der Waals surface area contributed by atoms with Crippen molar-refractivity contribution >= 4 is 11.3 Å². The number of rotatable bonds is 7. The van der Waals surface area contributed by atoms with Crippen molar-refractivity contribution in [2.45, 2.75) is 26.3 Å². The smallest absolute Gasteiger partial charge is 0.119 e. The number of ether oxygens (including phenoxy) is 1. The van der Waals surface area contributed by atoms with E-state index in [1.54, 1.807) is 11.3 Å². The van der Waals surface area contributed by atoms with E-state index in [-0.39, 0.29) is 0 Å². The molecule has 19 heavy (non-hydrogen) atoms. The fraction of sp³-hybridized carbons (Fsp3) is 0.375. The van der Waals surface area contributed by atoms with Gasteiger partial charge in [-0.25, -0.2) is 0 Å². The van der Waals surface area contributed by atoms with Crippen LogP contribution in [-0.4, -0.2) is 13.2 Å². The molecule has 2 aromatic rings. The summed E-state index contributed by atoms with van der Waals surface area (Å²) in [5.74, 6) is 0.960. The normalized spacial score (nSPS) is 12.3. The van der Waals surface area contributed by atoms with Crippen LogP contribution in [0.25, 0.3) is 0 Å². The van der Waals surface area contributed by atoms with Crippen LogP contribution in [0, 0.1) is 6.92 Å². The van der Waals surface area contributed by atoms with E-state index in [9.17, 15) is 0 Å². The lowest BCUT2D eigenvalue weighted by molar-refractivity contribution is 0.288. The fourth-order valence-electron chi connectivity index (χ4n) is 2.08. The number of hydrogen-bond acceptors (Lipinski definition) is 3. The summed E-state index contributed by atoms with van der Waals surface area (Å²) in [5.41, 5.74) is 1.24. The van der Waals surface area contributed by atoms with Crippen molar-refractivity contribution in [3.8, 4) is 5.75 Å². The minimum Gasteiger partial charge on any atom is -0.494 e. The van der Waals surface area contributed by atoms with Gasteiger partial charge in [0.25, 0.3) is 0 Å². The third-order valence-corrected chi connectivity index (χ3v) is 3.99. The predicted octanol–water partition coefficient (Wildman–Crippen LogP) is 4.18. The van der Waals surface area contributed by atoms with Crippen molar-refractivity contribution in [1.29, 1.82) is 0 Å². The van der Waals surface area contributed by atoms with Gasteiger partial charge < -0.3 is 10.1 Å². The molecule has 0 spiro atoms. The average Bonchev–Trinajstić information content (AvgIpc) is 2.91. The summed E-state index contributed by atoms with van der Waals surface area (Å²) in [6.45, 7) is 5.94. The van der Waals surface area contributed by atoms with E-state index in [0.717, 1.165) is 25.3 Å². The summed E-state index contributed by atoms with van der Waals surface area (Å²) < 4.78 is 5.83. The van der Waals surface area contributed by atoms with E-state index in [1.807, 2.05) is 12.1 Å². The second kappa shape index (κ2) is 7.31. The maximum Gasteiger partial charge on any atom is 0.119 e. The molecule has 0 saturated carbocycles. The monoisotopic (exact) mass is 275 g/mol. The molecule has 1 unspecified atom stereocenters. The number of thiophene rings is 1. The van der Waals surface area contributed by atoms with Crippen LogP contribution in [0.1, 0.15) is 29.8 Å². The van der Waals surface area contributed by atoms with Crippen molar-refractivity contribution in [2.75, 3.05) is 13.2 Å². The lowest BCUT2D eigenvalue weighted by Crippen LogP contribution is -2.22. The lowest BCUT2D eigenvalue weighted by Gasteiger charge is -2.16. The number of hydrogen-bond donors (Lipinski definition) is 1. The van der Waals surface area contributed by atoms with Crippen molar-refractivity contribution in [3.63, 3.8) is 0 Å². The SMILES string of the molecule is CCNC(CCOc1cccc(C)c1)c1cccs1. The van der Waals surface area contributed by atoms with Crippen LogP contribution in [0.4, 0.5) is 0 Å². The minimum atomic E-state index is 0.398. The van der Waals surface area contributed by atoms with Gasteiger partial charge in [0.2, 0.25) is 0 Å². The second-order valence-corrected chi connectivity index (χ2v) is 5.56. The van der Waals surface area contributed by atoms with Crippen molar-refractivity contribution in [2.24, 2.45) is 0 Å². The number of nitrogens with one attached hydrogen (secondary N) is 1. The number of aryl methyl sites for hydroxylation is 1. The van der Waals surface area contributed by atoms with Gasteiger partial charge in [0.15, 0.2) is 0 Å². The van der Waals surface area contributed by atoms with Crippen LogP contribution < -0.4 is 10.1 Å². The first-order valence-corrected chi connectivity index (χ1v) is 7.64. The molecule has 1 heterocycles. The van der Waals surface area contributed by atoms with Crippen LogP contribution in [0.3, 0.4) is 0 Å². The average molecular weight is 275 g/mol. The molecule has 1 atom stereocenters. The summed E-state index contributed by atoms with van der Waals surface area (Å²) >= 11 is 1.80. The first kappa shape index (κ1) is 14.1. The fourth-order valence-corrected chi connectivity index (χ4v) is 2.92. The summed E-state index contributed by atoms with van der Waals surface area (Å²) in [5, 5.41) is 5.64. The Morgan fingerprint density at radius 1 is 1.26 bits per heavy atom. The molecule has 2 rings (SSSR count). The number of benzene rings is 1. The predicted molar refractivity (Wildman–Crippen MR) is 82.0 cm³/mol. The van der Waals surface area contributed by atoms with Gasteiger partial charge in [-0.05, 0) is 42.6 Å². The van der Waals surface area contributed by atoms with E-state index in [2.05, 4.69) is 48.8 Å². The van der Waals surface area contributed by atoms with Gasteiger partial charge >= 0.3 is 0 Å². The van der Waals surface area contributed by atoms with E-state index in [0.29, 0.717) is 6.04 Å². The summed E-state index contributed by atoms with van der Waals surface area (Å²) in [6.07, 6.45) is 0.988. The molecule has 0 fully saturated rings. The summed E-state index contributed by atoms with van der Waals surface area (Å²) in [6, 6.07) is 12.9. The van der Waals surface area contributed by atoms with Gasteiger partial charge in [0.05, 0.1) is 6.61 Å². The summed E-state index contributed by atoms with van der Waals surface area (Å²) in [7, 11) is 0. The van der Waals surface area contributed by atoms with E-state index < -0.39 is 0 Å². The molecule has 3 heteroatoms. The molecule has 0 amide bonds. The Hall–Kier alpha value is -1.32. The van der Waals surface area contributed by atoms with Gasteiger partial charge in [-0.3, -0.25) is 0 Å². The van der Waals surface area contributed by atoms with Crippen molar-refractivity contribution in [1.82, 2.24) is 5.32 Å². The summed E-state index contributed by atoms with van der Waals surface area (Å²) in [4.78, 5) is 1.38. The van der Waals surface area contributed by atoms with Gasteiger partial charge in [-0.1, -0.05) is 25.1 Å². The first-order valence-electron chi connectivity index (χ1n) is 6.76. The largest absolute Gasteiger partial charge is 0.494 e. The van der Waals surface area contributed by atoms with Gasteiger partial charge in [-0.2, -0.15) is 0 Å². The molecule has 0 saturated heterocycles. The Bertz CT molecular complexity index is 481. The Balaban J connectivity index is 1.86. The Kier molecular flexibility index (Phi) is 5.43. The Labute approximate surface area is 119 Å². The lowest BCUT2D eigenvalue weighted by atomic mass is 10.2. The molecular formula is C16H21NOS. The molecule has 1 aromatic heterocycles. The zero-order valence-corrected chi connectivity index (χ0v) is 12.4. The zero-order chi connectivity index (χ0) is 13.5. The highest BCUT2D eigenvalue weighted by molar-refractivity contribution is 7.10. The maximum atomic E-state index is 5.83. The van der Waals surface area contributed by atoms with Crippen LogP contribution in [-0.2, 0) is 0 Å². The third-order valence-electron chi connectivity index (χ3n) is 3.00. The van der Waals surface area contributed by atoms with Gasteiger partial charge in [0.1, 0.15) is 5.75 Å². The molecular weight excluding hydrogens is 254 g/mol. The molecule has 0 bridgehead atoms. The van der Waals surface area contributed by atoms with Crippen LogP contribution in [0.15, 0.2) is 41.8 Å². The van der Waals surface area contributed by atoms with Crippen LogP contribution in [0.5, 0.6) is 5.75 Å². The van der Waals surface area contributed by atoms with Gasteiger partial charge in [-0.15, -0.1) is 11.3 Å². The maximum absolute atomic E-state index is 5.83. The van der Waals surface area contributed by atoms with E-state index in [4.69, 9.17) is 4.74 Å². The quantitative estimate of drug-likeness (QED) is 0.818. The molecule has 2 nitrogen and oxygen atoms in total. The first-order chi connectivity index (χ1) is 9.29. The molecule has 0 aliphatic rings. The topological polar surface area (TPSA) is 21.3 Å². The standard InChI is InChI=1S/C16H21NOS/c1-3-17-15(16-8-5-11-19-16)9-10-18-14-7-4-6-13(2)12-14/h4-8,11-12,15,17H,3,9-10H2,1-2H3. The second-order valence-electron chi connectivity index (χ2n) is 4.58. The van der Waals surface area contributed by atoms with Crippen molar-refractivity contribution in [3.05, 3.63) is 52.2 Å². The molecule has 102 valence electrons. The van der Waals surface area contributed by atoms with Crippen molar-refractivity contribution < 1.29 is 4.74 Å². The highest BCUT2D eigenvalue weighted by atomic mass is 32.1. The molecule has 0 aliphatic carbocycles. The van der Waals surface area contributed by atoms with Crippen LogP contribution in [0.2, 0.25) is 0 Å². The molecule has 1 aromatic carbocycles. The highest BCUT2D eigenvalue weighted by Crippen LogP contribution is 2.22. The third kappa shape index (κ3) is 4.37. The Morgan fingerprint density at radius 3 is 2.84 bits per heavy atom. The van der Waals surface area contributed by atoms with E-state index >= 15 is 0 Å². The van der Waals surface area contributed by atoms with Crippen LogP contribution >= 0.6 is 11.3 Å². The molecule has 1 N–H and O–H groups in total. The molecule has 0 radical (unpaired) electrons. The van der Waals surface area contributed by atoms with E-state index in [1.165, 1.54) is 10.4 Å². The molecule has 0 aliphatic heterocycles. The van der Waals surface area contributed by atoms with Gasteiger partial charge in [0, 0.05) is 17.3 Å². The highest BCUT2D eigenvalue weighted by Gasteiger charge is 2.11. The zero-order valence-electron chi connectivity index (χ0n) is 11.6.